The van der Waals surface area contributed by atoms with E-state index >= 15 is 0 Å². The molecule has 2 N–H and O–H groups in total. The maximum absolute atomic E-state index is 12.8. The van der Waals surface area contributed by atoms with Gasteiger partial charge < -0.3 is 10.6 Å². The van der Waals surface area contributed by atoms with Gasteiger partial charge in [0.1, 0.15) is 17.7 Å². The smallest absolute Gasteiger partial charge is 0.240 e. The van der Waals surface area contributed by atoms with Crippen LogP contribution in [0.2, 0.25) is 0 Å². The Balaban J connectivity index is 1.63. The molecule has 0 unspecified atom stereocenters. The lowest BCUT2D eigenvalue weighted by molar-refractivity contribution is -0.142. The molecule has 25 heavy (non-hydrogen) atoms. The second kappa shape index (κ2) is 7.51. The summed E-state index contributed by atoms with van der Waals surface area (Å²) < 4.78 is 1.93. The van der Waals surface area contributed by atoms with E-state index in [1.165, 1.54) is 0 Å². The number of amides is 2. The number of carbonyl (C=O) groups is 2. The molecule has 3 rings (SSSR count). The van der Waals surface area contributed by atoms with Gasteiger partial charge in [-0.3, -0.25) is 14.5 Å². The maximum Gasteiger partial charge on any atom is 0.240 e. The van der Waals surface area contributed by atoms with Crippen LogP contribution < -0.4 is 5.73 Å². The summed E-state index contributed by atoms with van der Waals surface area (Å²) in [6, 6.07) is -0.164. The fraction of sp³-hybridized carbons (Fsp3) is 0.765. The predicted octanol–water partition coefficient (Wildman–Crippen LogP) is 0.226. The fourth-order valence-electron chi connectivity index (χ4n) is 4.03. The van der Waals surface area contributed by atoms with E-state index in [-0.39, 0.29) is 17.9 Å². The number of primary amides is 1. The summed E-state index contributed by atoms with van der Waals surface area (Å²) in [5, 5.41) is 4.43. The van der Waals surface area contributed by atoms with Crippen LogP contribution in [0, 0.1) is 13.8 Å². The van der Waals surface area contributed by atoms with Crippen molar-refractivity contribution in [2.75, 3.05) is 19.6 Å². The third-order valence-corrected chi connectivity index (χ3v) is 5.34. The van der Waals surface area contributed by atoms with Crippen LogP contribution in [0.4, 0.5) is 0 Å². The van der Waals surface area contributed by atoms with Gasteiger partial charge in [-0.2, -0.15) is 5.10 Å². The van der Waals surface area contributed by atoms with E-state index in [0.29, 0.717) is 19.5 Å². The predicted molar refractivity (Wildman–Crippen MR) is 92.6 cm³/mol. The van der Waals surface area contributed by atoms with Gasteiger partial charge in [-0.05, 0) is 52.5 Å². The second-order valence-corrected chi connectivity index (χ2v) is 7.16. The zero-order valence-electron chi connectivity index (χ0n) is 15.1. The minimum Gasteiger partial charge on any atom is -0.368 e. The quantitative estimate of drug-likeness (QED) is 0.821. The first kappa shape index (κ1) is 17.8. The Morgan fingerprint density at radius 2 is 1.96 bits per heavy atom. The lowest BCUT2D eigenvalue weighted by Crippen LogP contribution is -2.53. The first-order valence-corrected chi connectivity index (χ1v) is 9.16. The SMILES string of the molecule is Cc1nc(C)n(C[C@@H]2CCCN2CC(=O)N2CCCC[C@@H]2C(N)=O)n1. The molecule has 3 heterocycles. The monoisotopic (exact) mass is 348 g/mol. The van der Waals surface area contributed by atoms with Gasteiger partial charge in [0.2, 0.25) is 11.8 Å². The van der Waals surface area contributed by atoms with Gasteiger partial charge in [0.25, 0.3) is 0 Å². The Bertz CT molecular complexity index is 643. The molecular weight excluding hydrogens is 320 g/mol. The molecule has 2 amide bonds. The van der Waals surface area contributed by atoms with Gasteiger partial charge in [0.15, 0.2) is 0 Å². The Morgan fingerprint density at radius 1 is 1.16 bits per heavy atom. The molecule has 2 aliphatic rings. The molecule has 138 valence electrons. The van der Waals surface area contributed by atoms with Crippen LogP contribution in [-0.4, -0.2) is 68.1 Å². The largest absolute Gasteiger partial charge is 0.368 e. The highest BCUT2D eigenvalue weighted by molar-refractivity contribution is 5.87. The average molecular weight is 348 g/mol. The van der Waals surface area contributed by atoms with E-state index in [1.807, 2.05) is 18.5 Å². The normalized spacial score (nSPS) is 24.6. The van der Waals surface area contributed by atoms with Crippen LogP contribution in [0.1, 0.15) is 43.8 Å². The van der Waals surface area contributed by atoms with Crippen molar-refractivity contribution >= 4 is 11.8 Å². The topological polar surface area (TPSA) is 97.4 Å². The van der Waals surface area contributed by atoms with E-state index in [1.54, 1.807) is 4.90 Å². The number of likely N-dealkylation sites (tertiary alicyclic amines) is 2. The lowest BCUT2D eigenvalue weighted by Gasteiger charge is -2.35. The zero-order valence-corrected chi connectivity index (χ0v) is 15.1. The van der Waals surface area contributed by atoms with Gasteiger partial charge in [0, 0.05) is 12.6 Å². The summed E-state index contributed by atoms with van der Waals surface area (Å²) >= 11 is 0. The lowest BCUT2D eigenvalue weighted by atomic mass is 10.0. The number of aromatic nitrogens is 3. The molecule has 0 bridgehead atoms. The molecule has 0 aliphatic carbocycles. The second-order valence-electron chi connectivity index (χ2n) is 7.16. The van der Waals surface area contributed by atoms with Crippen molar-refractivity contribution in [3.05, 3.63) is 11.6 Å². The number of nitrogens with zero attached hydrogens (tertiary/aromatic N) is 5. The zero-order chi connectivity index (χ0) is 18.0. The molecule has 2 atom stereocenters. The Morgan fingerprint density at radius 3 is 2.64 bits per heavy atom. The standard InChI is InChI=1S/C17H28N6O2/c1-12-19-13(2)23(20-12)10-14-6-5-8-21(14)11-16(24)22-9-4-3-7-15(22)17(18)25/h14-15H,3-11H2,1-2H3,(H2,18,25)/t14-,15+/m0/s1. The molecular formula is C17H28N6O2. The maximum atomic E-state index is 12.8. The van der Waals surface area contributed by atoms with Crippen LogP contribution in [0.15, 0.2) is 0 Å². The van der Waals surface area contributed by atoms with E-state index in [9.17, 15) is 9.59 Å². The molecule has 2 fully saturated rings. The molecule has 8 heteroatoms. The van der Waals surface area contributed by atoms with E-state index in [4.69, 9.17) is 5.73 Å². The van der Waals surface area contributed by atoms with Crippen LogP contribution >= 0.6 is 0 Å². The Kier molecular flexibility index (Phi) is 5.36. The van der Waals surface area contributed by atoms with Crippen molar-refractivity contribution < 1.29 is 9.59 Å². The highest BCUT2D eigenvalue weighted by Gasteiger charge is 2.34. The molecule has 0 aromatic carbocycles. The molecule has 0 spiro atoms. The Hall–Kier alpha value is -1.96. The first-order chi connectivity index (χ1) is 12.0. The molecule has 0 radical (unpaired) electrons. The van der Waals surface area contributed by atoms with Crippen molar-refractivity contribution in [2.24, 2.45) is 5.73 Å². The summed E-state index contributed by atoms with van der Waals surface area (Å²) in [5.41, 5.74) is 5.49. The molecule has 1 aromatic heterocycles. The van der Waals surface area contributed by atoms with Crippen LogP contribution in [0.3, 0.4) is 0 Å². The van der Waals surface area contributed by atoms with Crippen LogP contribution in [0.5, 0.6) is 0 Å². The van der Waals surface area contributed by atoms with E-state index in [2.05, 4.69) is 15.0 Å². The molecule has 2 saturated heterocycles. The van der Waals surface area contributed by atoms with Crippen LogP contribution in [-0.2, 0) is 16.1 Å². The van der Waals surface area contributed by atoms with Crippen molar-refractivity contribution in [3.63, 3.8) is 0 Å². The van der Waals surface area contributed by atoms with Crippen LogP contribution in [0.25, 0.3) is 0 Å². The van der Waals surface area contributed by atoms with E-state index < -0.39 is 6.04 Å². The number of hydrogen-bond donors (Lipinski definition) is 1. The first-order valence-electron chi connectivity index (χ1n) is 9.16. The highest BCUT2D eigenvalue weighted by atomic mass is 16.2. The number of nitrogens with two attached hydrogens (primary N) is 1. The molecule has 2 aliphatic heterocycles. The Labute approximate surface area is 148 Å². The van der Waals surface area contributed by atoms with Gasteiger partial charge in [0.05, 0.1) is 13.1 Å². The number of aryl methyl sites for hydroxylation is 2. The summed E-state index contributed by atoms with van der Waals surface area (Å²) in [6.45, 7) is 6.47. The number of hydrogen-bond acceptors (Lipinski definition) is 5. The van der Waals surface area contributed by atoms with Gasteiger partial charge in [-0.1, -0.05) is 0 Å². The summed E-state index contributed by atoms with van der Waals surface area (Å²) in [6.07, 6.45) is 4.70. The highest BCUT2D eigenvalue weighted by Crippen LogP contribution is 2.21. The van der Waals surface area contributed by atoms with Crippen molar-refractivity contribution in [3.8, 4) is 0 Å². The molecule has 8 nitrogen and oxygen atoms in total. The minimum atomic E-state index is -0.442. The number of carbonyl (C=O) groups excluding carboxylic acids is 2. The van der Waals surface area contributed by atoms with Crippen molar-refractivity contribution in [1.82, 2.24) is 24.6 Å². The van der Waals surface area contributed by atoms with Crippen molar-refractivity contribution in [2.45, 2.75) is 64.6 Å². The van der Waals surface area contributed by atoms with Gasteiger partial charge >= 0.3 is 0 Å². The third kappa shape index (κ3) is 4.00. The number of rotatable bonds is 5. The summed E-state index contributed by atoms with van der Waals surface area (Å²) in [5.74, 6) is 1.30. The van der Waals surface area contributed by atoms with E-state index in [0.717, 1.165) is 50.4 Å². The molecule has 1 aromatic rings. The third-order valence-electron chi connectivity index (χ3n) is 5.34. The average Bonchev–Trinajstić information content (AvgIpc) is 3.13. The van der Waals surface area contributed by atoms with Crippen molar-refractivity contribution in [1.29, 1.82) is 0 Å². The minimum absolute atomic E-state index is 0.0156. The van der Waals surface area contributed by atoms with Gasteiger partial charge in [-0.25, -0.2) is 9.67 Å². The van der Waals surface area contributed by atoms with Gasteiger partial charge in [-0.15, -0.1) is 0 Å². The number of piperidine rings is 1. The molecule has 0 saturated carbocycles. The fourth-order valence-corrected chi connectivity index (χ4v) is 4.03. The summed E-state index contributed by atoms with van der Waals surface area (Å²) in [7, 11) is 0. The summed E-state index contributed by atoms with van der Waals surface area (Å²) in [4.78, 5) is 32.7.